The Hall–Kier alpha value is -3.55. The summed E-state index contributed by atoms with van der Waals surface area (Å²) in [5, 5.41) is 3.34. The summed E-state index contributed by atoms with van der Waals surface area (Å²) in [5.41, 5.74) is 1.26. The highest BCUT2D eigenvalue weighted by Gasteiger charge is 2.28. The van der Waals surface area contributed by atoms with Gasteiger partial charge >= 0.3 is 6.09 Å². The third-order valence-electron chi connectivity index (χ3n) is 5.41. The number of nitrogens with one attached hydrogen (secondary N) is 1. The van der Waals surface area contributed by atoms with E-state index in [-0.39, 0.29) is 17.6 Å². The van der Waals surface area contributed by atoms with Gasteiger partial charge in [0.25, 0.3) is 5.91 Å². The summed E-state index contributed by atoms with van der Waals surface area (Å²) in [7, 11) is 0. The predicted octanol–water partition coefficient (Wildman–Crippen LogP) is 4.82. The van der Waals surface area contributed by atoms with Crippen molar-refractivity contribution in [2.45, 2.75) is 39.2 Å². The SMILES string of the molecule is CC(C)(C)OC(=O)Nc1ccc(C(=O)N2CC[C@@H](Cc3ncc4cc(F)ccc4n3)C2)cc1. The number of likely N-dealkylation sites (tertiary alicyclic amines) is 1. The van der Waals surface area contributed by atoms with E-state index in [9.17, 15) is 14.0 Å². The molecular formula is C25H27FN4O3. The molecule has 4 rings (SSSR count). The van der Waals surface area contributed by atoms with E-state index in [4.69, 9.17) is 4.74 Å². The monoisotopic (exact) mass is 450 g/mol. The van der Waals surface area contributed by atoms with Crippen LogP contribution in [-0.4, -0.2) is 45.6 Å². The van der Waals surface area contributed by atoms with Gasteiger partial charge in [-0.2, -0.15) is 0 Å². The molecule has 0 radical (unpaired) electrons. The van der Waals surface area contributed by atoms with Crippen LogP contribution in [0, 0.1) is 11.7 Å². The van der Waals surface area contributed by atoms with E-state index < -0.39 is 11.7 Å². The molecule has 1 saturated heterocycles. The molecule has 8 heteroatoms. The first kappa shape index (κ1) is 22.6. The van der Waals surface area contributed by atoms with Gasteiger partial charge in [-0.15, -0.1) is 0 Å². The van der Waals surface area contributed by atoms with Crippen molar-refractivity contribution >= 4 is 28.6 Å². The van der Waals surface area contributed by atoms with E-state index in [1.165, 1.54) is 12.1 Å². The molecule has 1 aliphatic rings. The molecule has 3 aromatic rings. The van der Waals surface area contributed by atoms with E-state index >= 15 is 0 Å². The van der Waals surface area contributed by atoms with Crippen molar-refractivity contribution in [3.05, 3.63) is 65.9 Å². The van der Waals surface area contributed by atoms with Crippen LogP contribution in [0.3, 0.4) is 0 Å². The van der Waals surface area contributed by atoms with Gasteiger partial charge in [0.1, 0.15) is 17.2 Å². The van der Waals surface area contributed by atoms with Crippen LogP contribution < -0.4 is 5.32 Å². The number of halogens is 1. The Morgan fingerprint density at radius 2 is 1.94 bits per heavy atom. The average molecular weight is 451 g/mol. The molecule has 2 amide bonds. The van der Waals surface area contributed by atoms with E-state index in [1.807, 2.05) is 4.90 Å². The zero-order valence-corrected chi connectivity index (χ0v) is 19.0. The molecule has 2 heterocycles. The summed E-state index contributed by atoms with van der Waals surface area (Å²) in [4.78, 5) is 35.6. The second-order valence-electron chi connectivity index (χ2n) is 9.30. The number of carbonyl (C=O) groups is 2. The maximum atomic E-state index is 13.3. The first-order chi connectivity index (χ1) is 15.7. The number of aromatic nitrogens is 2. The molecule has 2 aromatic carbocycles. The Labute approximate surface area is 192 Å². The van der Waals surface area contributed by atoms with Gasteiger partial charge in [-0.05, 0) is 75.6 Å². The second-order valence-corrected chi connectivity index (χ2v) is 9.30. The summed E-state index contributed by atoms with van der Waals surface area (Å²) in [6, 6.07) is 11.3. The number of fused-ring (bicyclic) bond motifs is 1. The number of amides is 2. The Morgan fingerprint density at radius 3 is 2.67 bits per heavy atom. The average Bonchev–Trinajstić information content (AvgIpc) is 3.21. The zero-order chi connectivity index (χ0) is 23.6. The molecule has 1 atom stereocenters. The second kappa shape index (κ2) is 9.13. The number of hydrogen-bond acceptors (Lipinski definition) is 5. The molecule has 0 bridgehead atoms. The van der Waals surface area contributed by atoms with Crippen molar-refractivity contribution in [3.8, 4) is 0 Å². The fourth-order valence-electron chi connectivity index (χ4n) is 3.88. The van der Waals surface area contributed by atoms with Crippen LogP contribution in [0.25, 0.3) is 10.9 Å². The van der Waals surface area contributed by atoms with Crippen molar-refractivity contribution < 1.29 is 18.7 Å². The molecule has 0 saturated carbocycles. The summed E-state index contributed by atoms with van der Waals surface area (Å²) in [5.74, 6) is 0.611. The summed E-state index contributed by atoms with van der Waals surface area (Å²) >= 11 is 0. The van der Waals surface area contributed by atoms with Crippen LogP contribution in [0.15, 0.2) is 48.7 Å². The molecule has 0 aliphatic carbocycles. The van der Waals surface area contributed by atoms with Crippen LogP contribution in [0.5, 0.6) is 0 Å². The normalized spacial score (nSPS) is 16.1. The fourth-order valence-corrected chi connectivity index (χ4v) is 3.88. The maximum Gasteiger partial charge on any atom is 0.412 e. The Balaban J connectivity index is 1.33. The van der Waals surface area contributed by atoms with Gasteiger partial charge in [-0.1, -0.05) is 0 Å². The number of nitrogens with zero attached hydrogens (tertiary/aromatic N) is 3. The highest BCUT2D eigenvalue weighted by molar-refractivity contribution is 5.95. The van der Waals surface area contributed by atoms with Gasteiger partial charge in [-0.25, -0.2) is 19.2 Å². The molecule has 0 unspecified atom stereocenters. The smallest absolute Gasteiger partial charge is 0.412 e. The molecule has 1 aliphatic heterocycles. The molecule has 1 fully saturated rings. The van der Waals surface area contributed by atoms with E-state index in [1.54, 1.807) is 57.3 Å². The number of carbonyl (C=O) groups excluding carboxylic acids is 2. The van der Waals surface area contributed by atoms with Crippen LogP contribution in [0.4, 0.5) is 14.9 Å². The first-order valence-corrected chi connectivity index (χ1v) is 11.0. The Kier molecular flexibility index (Phi) is 6.26. The van der Waals surface area contributed by atoms with Crippen molar-refractivity contribution in [1.29, 1.82) is 0 Å². The van der Waals surface area contributed by atoms with E-state index in [0.29, 0.717) is 47.5 Å². The quantitative estimate of drug-likeness (QED) is 0.616. The minimum atomic E-state index is -0.581. The van der Waals surface area contributed by atoms with Crippen molar-refractivity contribution in [1.82, 2.24) is 14.9 Å². The molecule has 0 spiro atoms. The van der Waals surface area contributed by atoms with Gasteiger partial charge in [0.05, 0.1) is 5.52 Å². The molecule has 33 heavy (non-hydrogen) atoms. The third kappa shape index (κ3) is 5.83. The first-order valence-electron chi connectivity index (χ1n) is 11.0. The number of rotatable bonds is 4. The minimum Gasteiger partial charge on any atom is -0.444 e. The number of hydrogen-bond donors (Lipinski definition) is 1. The number of benzene rings is 2. The predicted molar refractivity (Wildman–Crippen MR) is 124 cm³/mol. The Bertz CT molecular complexity index is 1170. The molecule has 172 valence electrons. The summed E-state index contributed by atoms with van der Waals surface area (Å²) in [6.07, 6.45) is 2.64. The van der Waals surface area contributed by atoms with Crippen LogP contribution in [0.1, 0.15) is 43.4 Å². The molecular weight excluding hydrogens is 423 g/mol. The number of ether oxygens (including phenoxy) is 1. The summed E-state index contributed by atoms with van der Waals surface area (Å²) in [6.45, 7) is 6.68. The zero-order valence-electron chi connectivity index (χ0n) is 19.0. The van der Waals surface area contributed by atoms with E-state index in [0.717, 1.165) is 6.42 Å². The maximum absolute atomic E-state index is 13.3. The standard InChI is InChI=1S/C25H27FN4O3/c1-25(2,3)33-24(32)28-20-7-4-17(5-8-20)23(31)30-11-10-16(15-30)12-22-27-14-18-13-19(26)6-9-21(18)29-22/h4-9,13-14,16H,10-12,15H2,1-3H3,(H,28,32)/t16-/m0/s1. The highest BCUT2D eigenvalue weighted by atomic mass is 19.1. The molecule has 7 nitrogen and oxygen atoms in total. The lowest BCUT2D eigenvalue weighted by molar-refractivity contribution is 0.0635. The fraction of sp³-hybridized carbons (Fsp3) is 0.360. The minimum absolute atomic E-state index is 0.0452. The lowest BCUT2D eigenvalue weighted by atomic mass is 10.0. The van der Waals surface area contributed by atoms with Crippen LogP contribution in [-0.2, 0) is 11.2 Å². The van der Waals surface area contributed by atoms with E-state index in [2.05, 4.69) is 15.3 Å². The molecule has 1 aromatic heterocycles. The van der Waals surface area contributed by atoms with Gasteiger partial charge in [0.2, 0.25) is 0 Å². The summed E-state index contributed by atoms with van der Waals surface area (Å²) < 4.78 is 18.6. The van der Waals surface area contributed by atoms with Crippen LogP contribution in [0.2, 0.25) is 0 Å². The van der Waals surface area contributed by atoms with Gasteiger partial charge in [0, 0.05) is 42.3 Å². The Morgan fingerprint density at radius 1 is 1.18 bits per heavy atom. The lowest BCUT2D eigenvalue weighted by Crippen LogP contribution is -2.29. The van der Waals surface area contributed by atoms with Crippen molar-refractivity contribution in [2.75, 3.05) is 18.4 Å². The highest BCUT2D eigenvalue weighted by Crippen LogP contribution is 2.23. The number of anilines is 1. The third-order valence-corrected chi connectivity index (χ3v) is 5.41. The van der Waals surface area contributed by atoms with Crippen LogP contribution >= 0.6 is 0 Å². The topological polar surface area (TPSA) is 84.4 Å². The van der Waals surface area contributed by atoms with Gasteiger partial charge in [-0.3, -0.25) is 10.1 Å². The van der Waals surface area contributed by atoms with Gasteiger partial charge in [0.15, 0.2) is 0 Å². The lowest BCUT2D eigenvalue weighted by Gasteiger charge is -2.20. The van der Waals surface area contributed by atoms with Crippen molar-refractivity contribution in [3.63, 3.8) is 0 Å². The largest absolute Gasteiger partial charge is 0.444 e. The molecule has 1 N–H and O–H groups in total. The van der Waals surface area contributed by atoms with Crippen molar-refractivity contribution in [2.24, 2.45) is 5.92 Å². The van der Waals surface area contributed by atoms with Gasteiger partial charge < -0.3 is 9.64 Å².